The van der Waals surface area contributed by atoms with Gasteiger partial charge >= 0.3 is 0 Å². The van der Waals surface area contributed by atoms with Crippen molar-refractivity contribution in [2.24, 2.45) is 0 Å². The van der Waals surface area contributed by atoms with Crippen LogP contribution >= 0.6 is 0 Å². The fourth-order valence-electron chi connectivity index (χ4n) is 1.13. The van der Waals surface area contributed by atoms with E-state index in [4.69, 9.17) is 0 Å². The van der Waals surface area contributed by atoms with Gasteiger partial charge in [-0.15, -0.1) is 0 Å². The van der Waals surface area contributed by atoms with Crippen LogP contribution in [0.4, 0.5) is 5.69 Å². The van der Waals surface area contributed by atoms with Gasteiger partial charge in [0.1, 0.15) is 0 Å². The molecule has 0 spiro atoms. The predicted molar refractivity (Wildman–Crippen MR) is 54.0 cm³/mol. The fourth-order valence-corrected chi connectivity index (χ4v) is 1.13. The summed E-state index contributed by atoms with van der Waals surface area (Å²) in [6.07, 6.45) is 8.03. The van der Waals surface area contributed by atoms with Crippen molar-refractivity contribution in [3.05, 3.63) is 48.2 Å². The number of para-hydroxylation sites is 1. The zero-order valence-corrected chi connectivity index (χ0v) is 9.12. The maximum atomic E-state index is 3.18. The Bertz CT molecular complexity index is 315. The Hall–Kier alpha value is -0.500. The second-order valence-corrected chi connectivity index (χ2v) is 2.45. The van der Waals surface area contributed by atoms with Gasteiger partial charge in [0.2, 0.25) is 0 Å². The van der Waals surface area contributed by atoms with Gasteiger partial charge in [0.05, 0.1) is 0 Å². The molecule has 0 atom stereocenters. The molecule has 1 aromatic rings. The van der Waals surface area contributed by atoms with Gasteiger partial charge in [0, 0.05) is 41.4 Å². The van der Waals surface area contributed by atoms with Crippen LogP contribution in [-0.2, 0) is 0 Å². The molecule has 1 heterocycles. The van der Waals surface area contributed by atoms with E-state index in [1.165, 1.54) is 5.56 Å². The zero-order valence-electron chi connectivity index (χ0n) is 7.12. The van der Waals surface area contributed by atoms with E-state index in [1.54, 1.807) is 0 Å². The molecule has 0 fully saturated rings. The molecule has 1 aromatic carbocycles. The van der Waals surface area contributed by atoms with E-state index >= 15 is 0 Å². The molecule has 12 heavy (non-hydrogen) atoms. The van der Waals surface area contributed by atoms with Gasteiger partial charge in [-0.25, -0.2) is 0 Å². The Morgan fingerprint density at radius 3 is 2.75 bits per heavy atom. The molecule has 55 valence electrons. The molecule has 0 saturated heterocycles. The summed E-state index contributed by atoms with van der Waals surface area (Å²) >= 11 is 0. The quantitative estimate of drug-likeness (QED) is 0.583. The van der Waals surface area contributed by atoms with Gasteiger partial charge in [-0.3, -0.25) is 0 Å². The van der Waals surface area contributed by atoms with Gasteiger partial charge in [-0.2, -0.15) is 0 Å². The first kappa shape index (κ1) is 9.59. The van der Waals surface area contributed by atoms with Crippen molar-refractivity contribution in [3.8, 4) is 0 Å². The Morgan fingerprint density at radius 1 is 1.00 bits per heavy atom. The number of anilines is 1. The smallest absolute Gasteiger partial charge is 0.0453 e. The van der Waals surface area contributed by atoms with Crippen LogP contribution < -0.4 is 5.32 Å². The monoisotopic (exact) mass is 166 g/mol. The average molecular weight is 166 g/mol. The predicted octanol–water partition coefficient (Wildman–Crippen LogP) is 2.26. The Kier molecular flexibility index (Phi) is 3.60. The summed E-state index contributed by atoms with van der Waals surface area (Å²) < 4.78 is 0. The van der Waals surface area contributed by atoms with Crippen LogP contribution in [0.1, 0.15) is 5.56 Å². The Labute approximate surface area is 94.5 Å². The van der Waals surface area contributed by atoms with Gasteiger partial charge in [0.15, 0.2) is 0 Å². The Morgan fingerprint density at radius 2 is 1.83 bits per heavy atom. The SMILES string of the molecule is C1=CNc2ccccc2C=C1.[Na]. The van der Waals surface area contributed by atoms with E-state index < -0.39 is 0 Å². The van der Waals surface area contributed by atoms with Crippen LogP contribution in [0.5, 0.6) is 0 Å². The summed E-state index contributed by atoms with van der Waals surface area (Å²) in [5, 5.41) is 3.18. The summed E-state index contributed by atoms with van der Waals surface area (Å²) in [6.45, 7) is 0. The number of rotatable bonds is 0. The van der Waals surface area contributed by atoms with Gasteiger partial charge < -0.3 is 5.32 Å². The van der Waals surface area contributed by atoms with Gasteiger partial charge in [0.25, 0.3) is 0 Å². The van der Waals surface area contributed by atoms with Crippen LogP contribution in [0.25, 0.3) is 6.08 Å². The van der Waals surface area contributed by atoms with E-state index in [2.05, 4.69) is 23.5 Å². The molecule has 2 rings (SSSR count). The Balaban J connectivity index is 0.000000720. The van der Waals surface area contributed by atoms with Crippen LogP contribution in [0.3, 0.4) is 0 Å². The first-order valence-corrected chi connectivity index (χ1v) is 3.65. The number of nitrogens with one attached hydrogen (secondary N) is 1. The zero-order chi connectivity index (χ0) is 7.52. The van der Waals surface area contributed by atoms with Crippen molar-refractivity contribution in [1.82, 2.24) is 0 Å². The third-order valence-electron chi connectivity index (χ3n) is 1.68. The van der Waals surface area contributed by atoms with E-state index in [-0.39, 0.29) is 29.6 Å². The minimum atomic E-state index is 0. The molecule has 0 unspecified atom stereocenters. The molecular formula is C10H9NNa. The van der Waals surface area contributed by atoms with E-state index in [0.717, 1.165) is 5.69 Å². The molecule has 0 bridgehead atoms. The standard InChI is InChI=1S/C10H9N.Na/c1-2-7-10-9(5-1)6-3-4-8-11-10;/h1-8,11H;. The second-order valence-electron chi connectivity index (χ2n) is 2.45. The van der Waals surface area contributed by atoms with Crippen molar-refractivity contribution in [1.29, 1.82) is 0 Å². The largest absolute Gasteiger partial charge is 0.361 e. The summed E-state index contributed by atoms with van der Waals surface area (Å²) in [4.78, 5) is 0. The number of hydrogen-bond donors (Lipinski definition) is 1. The second kappa shape index (κ2) is 4.51. The average Bonchev–Trinajstić information content (AvgIpc) is 2.28. The molecule has 0 aromatic heterocycles. The van der Waals surface area contributed by atoms with Crippen molar-refractivity contribution >= 4 is 41.3 Å². The van der Waals surface area contributed by atoms with Crippen LogP contribution in [0.15, 0.2) is 42.6 Å². The summed E-state index contributed by atoms with van der Waals surface area (Å²) in [5.74, 6) is 0. The van der Waals surface area contributed by atoms with E-state index in [0.29, 0.717) is 0 Å². The molecule has 1 N–H and O–H groups in total. The molecular weight excluding hydrogens is 157 g/mol. The third kappa shape index (κ3) is 2.01. The first-order valence-electron chi connectivity index (χ1n) is 3.65. The molecule has 0 amide bonds. The number of fused-ring (bicyclic) bond motifs is 1. The molecule has 1 aliphatic rings. The number of hydrogen-bond acceptors (Lipinski definition) is 1. The molecule has 1 nitrogen and oxygen atoms in total. The molecule has 1 aliphatic heterocycles. The van der Waals surface area contributed by atoms with Crippen molar-refractivity contribution in [2.75, 3.05) is 5.32 Å². The number of benzene rings is 1. The maximum Gasteiger partial charge on any atom is 0.0453 e. The molecule has 0 saturated carbocycles. The van der Waals surface area contributed by atoms with Crippen LogP contribution in [0.2, 0.25) is 0 Å². The first-order chi connectivity index (χ1) is 5.47. The fraction of sp³-hybridized carbons (Fsp3) is 0. The van der Waals surface area contributed by atoms with Crippen molar-refractivity contribution in [3.63, 3.8) is 0 Å². The summed E-state index contributed by atoms with van der Waals surface area (Å²) in [7, 11) is 0. The molecule has 1 radical (unpaired) electrons. The minimum Gasteiger partial charge on any atom is -0.361 e. The normalized spacial score (nSPS) is 12.3. The van der Waals surface area contributed by atoms with Crippen LogP contribution in [-0.4, -0.2) is 29.6 Å². The summed E-state index contributed by atoms with van der Waals surface area (Å²) in [5.41, 5.74) is 2.40. The number of allylic oxidation sites excluding steroid dienone is 2. The van der Waals surface area contributed by atoms with Gasteiger partial charge in [-0.1, -0.05) is 30.4 Å². The van der Waals surface area contributed by atoms with E-state index in [1.807, 2.05) is 30.5 Å². The topological polar surface area (TPSA) is 12.0 Å². The molecule has 0 aliphatic carbocycles. The van der Waals surface area contributed by atoms with Gasteiger partial charge in [-0.05, 0) is 17.7 Å². The van der Waals surface area contributed by atoms with Crippen molar-refractivity contribution in [2.45, 2.75) is 0 Å². The maximum absolute atomic E-state index is 3.18. The minimum absolute atomic E-state index is 0. The van der Waals surface area contributed by atoms with E-state index in [9.17, 15) is 0 Å². The van der Waals surface area contributed by atoms with Crippen molar-refractivity contribution < 1.29 is 0 Å². The third-order valence-corrected chi connectivity index (χ3v) is 1.68. The molecule has 2 heteroatoms. The van der Waals surface area contributed by atoms with Crippen LogP contribution in [0, 0.1) is 0 Å². The summed E-state index contributed by atoms with van der Waals surface area (Å²) in [6, 6.07) is 8.22.